The van der Waals surface area contributed by atoms with Gasteiger partial charge in [0.25, 0.3) is 0 Å². The lowest BCUT2D eigenvalue weighted by Crippen LogP contribution is -2.60. The first-order valence-electron chi connectivity index (χ1n) is 10.7. The van der Waals surface area contributed by atoms with Crippen molar-refractivity contribution in [3.8, 4) is 5.69 Å². The Morgan fingerprint density at radius 3 is 2.35 bits per heavy atom. The second kappa shape index (κ2) is 8.38. The first-order chi connectivity index (χ1) is 15.8. The molecular formula is C21H26F3N9O. The summed E-state index contributed by atoms with van der Waals surface area (Å²) in [6.07, 6.45) is 2.42. The predicted molar refractivity (Wildman–Crippen MR) is 120 cm³/mol. The molecule has 0 saturated carbocycles. The number of hydrogen-bond acceptors (Lipinski definition) is 8. The van der Waals surface area contributed by atoms with Crippen LogP contribution >= 0.6 is 0 Å². The molecule has 13 heteroatoms. The van der Waals surface area contributed by atoms with Gasteiger partial charge in [0, 0.05) is 24.2 Å². The summed E-state index contributed by atoms with van der Waals surface area (Å²) in [5.74, 6) is -2.93. The van der Waals surface area contributed by atoms with Crippen molar-refractivity contribution in [2.45, 2.75) is 57.7 Å². The molecule has 0 aliphatic carbocycles. The third-order valence-electron chi connectivity index (χ3n) is 5.52. The molecule has 3 aromatic rings. The minimum atomic E-state index is -1.10. The summed E-state index contributed by atoms with van der Waals surface area (Å²) in [4.78, 5) is 20.1. The molecule has 1 fully saturated rings. The highest BCUT2D eigenvalue weighted by Crippen LogP contribution is 2.31. The van der Waals surface area contributed by atoms with Crippen molar-refractivity contribution >= 4 is 17.5 Å². The number of piperidine rings is 1. The van der Waals surface area contributed by atoms with Gasteiger partial charge in [-0.1, -0.05) is 0 Å². The quantitative estimate of drug-likeness (QED) is 0.514. The van der Waals surface area contributed by atoms with Gasteiger partial charge in [0.15, 0.2) is 23.3 Å². The molecule has 0 unspecified atom stereocenters. The number of aromatic nitrogens is 6. The van der Waals surface area contributed by atoms with Crippen molar-refractivity contribution in [1.82, 2.24) is 35.1 Å². The maximum atomic E-state index is 15.1. The first-order valence-corrected chi connectivity index (χ1v) is 10.7. The molecule has 0 bridgehead atoms. The Hall–Kier alpha value is -3.48. The Bertz CT molecular complexity index is 1270. The Morgan fingerprint density at radius 1 is 1.06 bits per heavy atom. The lowest BCUT2D eigenvalue weighted by atomic mass is 9.79. The van der Waals surface area contributed by atoms with E-state index in [9.17, 15) is 13.6 Å². The second-order valence-electron chi connectivity index (χ2n) is 9.71. The van der Waals surface area contributed by atoms with E-state index in [2.05, 4.69) is 64.0 Å². The van der Waals surface area contributed by atoms with Crippen LogP contribution in [0, 0.1) is 17.5 Å². The van der Waals surface area contributed by atoms with Crippen molar-refractivity contribution in [2.75, 3.05) is 10.6 Å². The number of hydrogen-bond donors (Lipinski definition) is 3. The average Bonchev–Trinajstić information content (AvgIpc) is 3.03. The van der Waals surface area contributed by atoms with Gasteiger partial charge in [-0.05, 0) is 63.1 Å². The predicted octanol–water partition coefficient (Wildman–Crippen LogP) is 2.64. The number of tetrazole rings is 1. The summed E-state index contributed by atoms with van der Waals surface area (Å²) >= 11 is 0. The van der Waals surface area contributed by atoms with Crippen LogP contribution in [0.25, 0.3) is 5.69 Å². The molecule has 10 nitrogen and oxygen atoms in total. The van der Waals surface area contributed by atoms with Gasteiger partial charge in [0.05, 0.1) is 11.9 Å². The second-order valence-corrected chi connectivity index (χ2v) is 9.71. The van der Waals surface area contributed by atoms with E-state index in [1.165, 1.54) is 7.05 Å². The van der Waals surface area contributed by atoms with Crippen LogP contribution in [-0.2, 0) is 7.05 Å². The van der Waals surface area contributed by atoms with Crippen LogP contribution in [0.1, 0.15) is 40.5 Å². The molecule has 1 aliphatic rings. The maximum absolute atomic E-state index is 15.1. The standard InChI is InChI=1S/C21H26F3N9O/c1-20(2)8-11(9-21(3,4)29-20)26-17-13(23)10-25-18(28-17)27-14-7-6-12(22)16(15(14)24)33-19(34)32(5)30-31-33/h6-7,10-11,29H,8-9H2,1-5H3,(H2,25,26,27,28). The topological polar surface area (TPSA) is 115 Å². The van der Waals surface area contributed by atoms with Crippen LogP contribution in [0.4, 0.5) is 30.6 Å². The third kappa shape index (κ3) is 4.74. The smallest absolute Gasteiger partial charge is 0.365 e. The molecule has 0 amide bonds. The van der Waals surface area contributed by atoms with Gasteiger partial charge < -0.3 is 16.0 Å². The summed E-state index contributed by atoms with van der Waals surface area (Å²) < 4.78 is 45.3. The summed E-state index contributed by atoms with van der Waals surface area (Å²) in [5.41, 5.74) is -2.10. The Kier molecular flexibility index (Phi) is 5.84. The van der Waals surface area contributed by atoms with Crippen molar-refractivity contribution in [1.29, 1.82) is 0 Å². The van der Waals surface area contributed by atoms with Gasteiger partial charge in [0.2, 0.25) is 5.95 Å². The molecule has 4 rings (SSSR count). The number of anilines is 3. The fourth-order valence-electron chi connectivity index (χ4n) is 4.55. The SMILES string of the molecule is Cn1nnn(-c2c(F)ccc(Nc3ncc(F)c(NC4CC(C)(C)NC(C)(C)C4)n3)c2F)c1=O. The monoisotopic (exact) mass is 477 g/mol. The Balaban J connectivity index is 1.62. The molecule has 0 radical (unpaired) electrons. The van der Waals surface area contributed by atoms with Crippen LogP contribution in [0.3, 0.4) is 0 Å². The summed E-state index contributed by atoms with van der Waals surface area (Å²) in [7, 11) is 1.30. The zero-order valence-electron chi connectivity index (χ0n) is 19.4. The zero-order valence-corrected chi connectivity index (χ0v) is 19.4. The van der Waals surface area contributed by atoms with E-state index in [1.807, 2.05) is 0 Å². The van der Waals surface area contributed by atoms with E-state index in [-0.39, 0.29) is 34.6 Å². The van der Waals surface area contributed by atoms with Crippen LogP contribution in [0.15, 0.2) is 23.1 Å². The van der Waals surface area contributed by atoms with Gasteiger partial charge >= 0.3 is 5.69 Å². The maximum Gasteiger partial charge on any atom is 0.368 e. The van der Waals surface area contributed by atoms with Crippen molar-refractivity contribution < 1.29 is 13.2 Å². The number of benzene rings is 1. The third-order valence-corrected chi connectivity index (χ3v) is 5.52. The number of nitrogens with one attached hydrogen (secondary N) is 3. The first kappa shape index (κ1) is 23.7. The van der Waals surface area contributed by atoms with E-state index >= 15 is 4.39 Å². The molecule has 0 spiro atoms. The highest BCUT2D eigenvalue weighted by molar-refractivity contribution is 5.60. The van der Waals surface area contributed by atoms with Gasteiger partial charge in [-0.2, -0.15) is 14.3 Å². The molecule has 1 aliphatic heterocycles. The normalized spacial score (nSPS) is 17.5. The number of aryl methyl sites for hydroxylation is 1. The van der Waals surface area contributed by atoms with E-state index in [0.29, 0.717) is 4.68 Å². The highest BCUT2D eigenvalue weighted by Gasteiger charge is 2.38. The average molecular weight is 477 g/mol. The molecule has 1 saturated heterocycles. The van der Waals surface area contributed by atoms with Crippen LogP contribution in [-0.4, -0.2) is 46.9 Å². The van der Waals surface area contributed by atoms with Gasteiger partial charge in [-0.15, -0.1) is 0 Å². The summed E-state index contributed by atoms with van der Waals surface area (Å²) in [5, 5.41) is 16.3. The highest BCUT2D eigenvalue weighted by atomic mass is 19.1. The largest absolute Gasteiger partial charge is 0.368 e. The molecule has 3 heterocycles. The lowest BCUT2D eigenvalue weighted by molar-refractivity contribution is 0.170. The number of halogens is 3. The van der Waals surface area contributed by atoms with Gasteiger partial charge in [-0.3, -0.25) is 0 Å². The molecule has 0 atom stereocenters. The van der Waals surface area contributed by atoms with Crippen LogP contribution in [0.5, 0.6) is 0 Å². The zero-order chi connectivity index (χ0) is 24.8. The van der Waals surface area contributed by atoms with Crippen LogP contribution in [0.2, 0.25) is 0 Å². The molecule has 2 aromatic heterocycles. The van der Waals surface area contributed by atoms with Gasteiger partial charge in [0.1, 0.15) is 5.69 Å². The van der Waals surface area contributed by atoms with E-state index in [4.69, 9.17) is 0 Å². The van der Waals surface area contributed by atoms with E-state index in [1.54, 1.807) is 0 Å². The van der Waals surface area contributed by atoms with Gasteiger partial charge in [-0.25, -0.2) is 22.9 Å². The summed E-state index contributed by atoms with van der Waals surface area (Å²) in [6, 6.07) is 2.01. The molecule has 1 aromatic carbocycles. The molecule has 3 N–H and O–H groups in total. The van der Waals surface area contributed by atoms with Crippen molar-refractivity contribution in [2.24, 2.45) is 7.05 Å². The Morgan fingerprint density at radius 2 is 1.74 bits per heavy atom. The minimum absolute atomic E-state index is 0.0381. The minimum Gasteiger partial charge on any atom is -0.365 e. The number of nitrogens with zero attached hydrogens (tertiary/aromatic N) is 6. The van der Waals surface area contributed by atoms with E-state index in [0.717, 1.165) is 35.9 Å². The van der Waals surface area contributed by atoms with Crippen molar-refractivity contribution in [3.05, 3.63) is 46.3 Å². The molecule has 182 valence electrons. The Labute approximate surface area is 193 Å². The number of rotatable bonds is 5. The van der Waals surface area contributed by atoms with Crippen LogP contribution < -0.4 is 21.6 Å². The fourth-order valence-corrected chi connectivity index (χ4v) is 4.55. The van der Waals surface area contributed by atoms with E-state index < -0.39 is 28.8 Å². The lowest BCUT2D eigenvalue weighted by Gasteiger charge is -2.46. The molecular weight excluding hydrogens is 451 g/mol. The molecule has 34 heavy (non-hydrogen) atoms. The van der Waals surface area contributed by atoms with Crippen molar-refractivity contribution in [3.63, 3.8) is 0 Å². The fraction of sp³-hybridized carbons (Fsp3) is 0.476. The summed E-state index contributed by atoms with van der Waals surface area (Å²) in [6.45, 7) is 8.29.